The number of rotatable bonds is 6. The van der Waals surface area contributed by atoms with Crippen LogP contribution in [0.5, 0.6) is 11.5 Å². The molecular formula is C18H17F3N2O4. The molecule has 0 heterocycles. The Labute approximate surface area is 153 Å². The number of hydrogen-bond donors (Lipinski definition) is 2. The Bertz CT molecular complexity index is 792. The predicted octanol–water partition coefficient (Wildman–Crippen LogP) is 4.01. The maximum absolute atomic E-state index is 11.9. The first-order chi connectivity index (χ1) is 12.7. The van der Waals surface area contributed by atoms with Crippen molar-refractivity contribution in [2.24, 2.45) is 0 Å². The molecule has 2 amide bonds. The molecule has 0 atom stereocenters. The van der Waals surface area contributed by atoms with Gasteiger partial charge in [-0.05, 0) is 48.9 Å². The van der Waals surface area contributed by atoms with Crippen LogP contribution in [0, 0.1) is 6.92 Å². The highest BCUT2D eigenvalue weighted by Crippen LogP contribution is 2.23. The normalized spacial score (nSPS) is 10.8. The zero-order valence-corrected chi connectivity index (χ0v) is 14.3. The molecule has 9 heteroatoms. The monoisotopic (exact) mass is 382 g/mol. The van der Waals surface area contributed by atoms with Crippen molar-refractivity contribution in [1.82, 2.24) is 5.32 Å². The molecule has 0 radical (unpaired) electrons. The van der Waals surface area contributed by atoms with Gasteiger partial charge in [0.25, 0.3) is 0 Å². The van der Waals surface area contributed by atoms with Crippen molar-refractivity contribution >= 4 is 17.7 Å². The molecule has 0 bridgehead atoms. The third kappa shape index (κ3) is 7.68. The number of alkyl carbamates (subject to hydrolysis) is 1. The number of aryl methyl sites for hydroxylation is 1. The molecule has 0 spiro atoms. The lowest BCUT2D eigenvalue weighted by atomic mass is 10.2. The van der Waals surface area contributed by atoms with Crippen molar-refractivity contribution in [3.8, 4) is 11.5 Å². The highest BCUT2D eigenvalue weighted by Gasteiger charge is 2.29. The Balaban J connectivity index is 1.78. The molecule has 27 heavy (non-hydrogen) atoms. The molecule has 0 aromatic heterocycles. The van der Waals surface area contributed by atoms with E-state index in [0.717, 1.165) is 5.56 Å². The summed E-state index contributed by atoms with van der Waals surface area (Å²) in [4.78, 5) is 22.8. The minimum absolute atomic E-state index is 0.432. The molecule has 0 aliphatic rings. The van der Waals surface area contributed by atoms with Gasteiger partial charge in [0.2, 0.25) is 5.91 Å². The van der Waals surface area contributed by atoms with Crippen molar-refractivity contribution in [2.45, 2.75) is 13.1 Å². The summed E-state index contributed by atoms with van der Waals surface area (Å²) < 4.78 is 45.3. The molecule has 6 nitrogen and oxygen atoms in total. The van der Waals surface area contributed by atoms with Crippen LogP contribution in [0.3, 0.4) is 0 Å². The van der Waals surface area contributed by atoms with Crippen LogP contribution < -0.4 is 15.4 Å². The summed E-state index contributed by atoms with van der Waals surface area (Å²) in [6.07, 6.45) is -5.95. The van der Waals surface area contributed by atoms with Gasteiger partial charge in [0.1, 0.15) is 18.0 Å². The Morgan fingerprint density at radius 1 is 1.04 bits per heavy atom. The van der Waals surface area contributed by atoms with Crippen LogP contribution in [0.15, 0.2) is 48.5 Å². The first-order valence-corrected chi connectivity index (χ1v) is 7.83. The number of nitrogens with one attached hydrogen (secondary N) is 2. The largest absolute Gasteiger partial charge is 0.457 e. The van der Waals surface area contributed by atoms with E-state index in [9.17, 15) is 22.8 Å². The molecule has 2 rings (SSSR count). The standard InChI is InChI=1S/C18H17F3N2O4/c1-12-3-2-4-15(9-12)27-14-7-5-13(6-8-14)23-16(24)10-22-17(25)26-11-18(19,20)21/h2-9H,10-11H2,1H3,(H,22,25)(H,23,24). The Hall–Kier alpha value is -3.23. The second-order valence-electron chi connectivity index (χ2n) is 5.54. The first-order valence-electron chi connectivity index (χ1n) is 7.83. The number of carbonyl (C=O) groups excluding carboxylic acids is 2. The van der Waals surface area contributed by atoms with E-state index >= 15 is 0 Å². The summed E-state index contributed by atoms with van der Waals surface area (Å²) in [6, 6.07) is 14.0. The fourth-order valence-corrected chi connectivity index (χ4v) is 1.98. The minimum Gasteiger partial charge on any atom is -0.457 e. The van der Waals surface area contributed by atoms with Crippen molar-refractivity contribution in [3.63, 3.8) is 0 Å². The van der Waals surface area contributed by atoms with Crippen molar-refractivity contribution in [1.29, 1.82) is 0 Å². The molecule has 0 saturated carbocycles. The van der Waals surface area contributed by atoms with Crippen LogP contribution in [0.25, 0.3) is 0 Å². The van der Waals surface area contributed by atoms with E-state index in [1.165, 1.54) is 0 Å². The quantitative estimate of drug-likeness (QED) is 0.791. The van der Waals surface area contributed by atoms with Crippen LogP contribution in [0.4, 0.5) is 23.7 Å². The molecule has 0 aliphatic heterocycles. The van der Waals surface area contributed by atoms with Crippen LogP contribution in [0.1, 0.15) is 5.56 Å². The van der Waals surface area contributed by atoms with Gasteiger partial charge in [-0.2, -0.15) is 13.2 Å². The SMILES string of the molecule is Cc1cccc(Oc2ccc(NC(=O)CNC(=O)OCC(F)(F)F)cc2)c1. The van der Waals surface area contributed by atoms with E-state index in [1.54, 1.807) is 24.3 Å². The second kappa shape index (κ2) is 8.93. The highest BCUT2D eigenvalue weighted by atomic mass is 19.4. The summed E-state index contributed by atoms with van der Waals surface area (Å²) >= 11 is 0. The molecule has 0 aliphatic carbocycles. The number of carbonyl (C=O) groups is 2. The Morgan fingerprint density at radius 2 is 1.74 bits per heavy atom. The lowest BCUT2D eigenvalue weighted by Crippen LogP contribution is -2.35. The predicted molar refractivity (Wildman–Crippen MR) is 91.7 cm³/mol. The zero-order valence-electron chi connectivity index (χ0n) is 14.3. The Morgan fingerprint density at radius 3 is 2.37 bits per heavy atom. The zero-order chi connectivity index (χ0) is 19.9. The number of ether oxygens (including phenoxy) is 2. The smallest absolute Gasteiger partial charge is 0.422 e. The van der Waals surface area contributed by atoms with Crippen molar-refractivity contribution in [2.75, 3.05) is 18.5 Å². The van der Waals surface area contributed by atoms with E-state index in [1.807, 2.05) is 36.5 Å². The third-order valence-corrected chi connectivity index (χ3v) is 3.12. The molecule has 0 unspecified atom stereocenters. The van der Waals surface area contributed by atoms with Crippen molar-refractivity contribution < 1.29 is 32.2 Å². The average Bonchev–Trinajstić information content (AvgIpc) is 2.59. The number of alkyl halides is 3. The lowest BCUT2D eigenvalue weighted by Gasteiger charge is -2.10. The maximum atomic E-state index is 11.9. The van der Waals surface area contributed by atoms with Gasteiger partial charge < -0.3 is 20.1 Å². The van der Waals surface area contributed by atoms with E-state index in [0.29, 0.717) is 17.2 Å². The second-order valence-corrected chi connectivity index (χ2v) is 5.54. The van der Waals surface area contributed by atoms with Crippen LogP contribution in [0.2, 0.25) is 0 Å². The minimum atomic E-state index is -4.62. The molecule has 0 fully saturated rings. The van der Waals surface area contributed by atoms with Gasteiger partial charge in [-0.3, -0.25) is 4.79 Å². The fourth-order valence-electron chi connectivity index (χ4n) is 1.98. The molecule has 2 aromatic carbocycles. The first kappa shape index (κ1) is 20.1. The third-order valence-electron chi connectivity index (χ3n) is 3.12. The lowest BCUT2D eigenvalue weighted by molar-refractivity contribution is -0.160. The van der Waals surface area contributed by atoms with Gasteiger partial charge >= 0.3 is 12.3 Å². The summed E-state index contributed by atoms with van der Waals surface area (Å²) in [6.45, 7) is -0.306. The summed E-state index contributed by atoms with van der Waals surface area (Å²) in [5.74, 6) is 0.618. The summed E-state index contributed by atoms with van der Waals surface area (Å²) in [5.41, 5.74) is 1.49. The number of anilines is 1. The number of benzene rings is 2. The van der Waals surface area contributed by atoms with E-state index in [2.05, 4.69) is 10.1 Å². The van der Waals surface area contributed by atoms with Crippen LogP contribution in [-0.4, -0.2) is 31.3 Å². The Kier molecular flexibility index (Phi) is 6.64. The van der Waals surface area contributed by atoms with Gasteiger partial charge in [-0.1, -0.05) is 12.1 Å². The summed E-state index contributed by atoms with van der Waals surface area (Å²) in [7, 11) is 0. The van der Waals surface area contributed by atoms with Gasteiger partial charge in [0.15, 0.2) is 6.61 Å². The molecule has 144 valence electrons. The van der Waals surface area contributed by atoms with Gasteiger partial charge in [-0.25, -0.2) is 4.79 Å². The molecular weight excluding hydrogens is 365 g/mol. The van der Waals surface area contributed by atoms with E-state index in [4.69, 9.17) is 4.74 Å². The molecule has 2 aromatic rings. The average molecular weight is 382 g/mol. The maximum Gasteiger partial charge on any atom is 0.422 e. The van der Waals surface area contributed by atoms with Gasteiger partial charge in [0, 0.05) is 5.69 Å². The number of amides is 2. The van der Waals surface area contributed by atoms with Crippen molar-refractivity contribution in [3.05, 3.63) is 54.1 Å². The van der Waals surface area contributed by atoms with E-state index < -0.39 is 31.3 Å². The van der Waals surface area contributed by atoms with Gasteiger partial charge in [-0.15, -0.1) is 0 Å². The van der Waals surface area contributed by atoms with Crippen LogP contribution in [-0.2, 0) is 9.53 Å². The number of halogens is 3. The van der Waals surface area contributed by atoms with Crippen LogP contribution >= 0.6 is 0 Å². The van der Waals surface area contributed by atoms with Gasteiger partial charge in [0.05, 0.1) is 0 Å². The molecule has 2 N–H and O–H groups in total. The molecule has 0 saturated heterocycles. The summed E-state index contributed by atoms with van der Waals surface area (Å²) in [5, 5.41) is 4.41. The van der Waals surface area contributed by atoms with E-state index in [-0.39, 0.29) is 0 Å². The fraction of sp³-hybridized carbons (Fsp3) is 0.222. The highest BCUT2D eigenvalue weighted by molar-refractivity contribution is 5.93. The topological polar surface area (TPSA) is 76.7 Å². The number of hydrogen-bond acceptors (Lipinski definition) is 4.